The summed E-state index contributed by atoms with van der Waals surface area (Å²) in [6.07, 6.45) is 0.983. The number of anilines is 1. The first kappa shape index (κ1) is 19.5. The van der Waals surface area contributed by atoms with Crippen LogP contribution in [0.1, 0.15) is 22.8 Å². The van der Waals surface area contributed by atoms with Gasteiger partial charge in [0.1, 0.15) is 5.52 Å². The second-order valence-electron chi connectivity index (χ2n) is 6.78. The van der Waals surface area contributed by atoms with Crippen LogP contribution in [0, 0.1) is 0 Å². The van der Waals surface area contributed by atoms with E-state index in [2.05, 4.69) is 29.4 Å². The molecule has 0 fully saturated rings. The molecule has 3 aromatic carbocycles. The molecule has 6 heteroatoms. The quantitative estimate of drug-likeness (QED) is 0.472. The Kier molecular flexibility index (Phi) is 5.39. The third-order valence-corrected chi connectivity index (χ3v) is 4.90. The summed E-state index contributed by atoms with van der Waals surface area (Å²) in [7, 11) is 3.09. The van der Waals surface area contributed by atoms with E-state index in [1.165, 1.54) is 12.7 Å². The zero-order valence-electron chi connectivity index (χ0n) is 17.1. The van der Waals surface area contributed by atoms with Gasteiger partial charge in [0.15, 0.2) is 17.1 Å². The number of nitrogens with one attached hydrogen (secondary N) is 1. The second kappa shape index (κ2) is 8.29. The van der Waals surface area contributed by atoms with Crippen LogP contribution < -0.4 is 14.8 Å². The smallest absolute Gasteiger partial charge is 0.255 e. The van der Waals surface area contributed by atoms with Crippen molar-refractivity contribution < 1.29 is 18.7 Å². The summed E-state index contributed by atoms with van der Waals surface area (Å²) >= 11 is 0. The van der Waals surface area contributed by atoms with E-state index in [0.29, 0.717) is 39.7 Å². The first-order chi connectivity index (χ1) is 14.6. The number of rotatable bonds is 6. The molecule has 0 spiro atoms. The third-order valence-electron chi connectivity index (χ3n) is 4.90. The molecular weight excluding hydrogens is 380 g/mol. The fraction of sp³-hybridized carbons (Fsp3) is 0.167. The molecule has 6 nitrogen and oxygen atoms in total. The number of aryl methyl sites for hydroxylation is 1. The molecule has 0 aliphatic carbocycles. The van der Waals surface area contributed by atoms with Crippen molar-refractivity contribution in [1.82, 2.24) is 4.98 Å². The van der Waals surface area contributed by atoms with E-state index in [9.17, 15) is 4.79 Å². The Morgan fingerprint density at radius 3 is 2.43 bits per heavy atom. The fourth-order valence-corrected chi connectivity index (χ4v) is 3.19. The molecule has 4 aromatic rings. The Labute approximate surface area is 174 Å². The maximum atomic E-state index is 12.7. The van der Waals surface area contributed by atoms with Crippen molar-refractivity contribution in [2.75, 3.05) is 19.5 Å². The number of nitrogens with zero attached hydrogens (tertiary/aromatic N) is 1. The van der Waals surface area contributed by atoms with Crippen molar-refractivity contribution in [3.8, 4) is 23.0 Å². The average Bonchev–Trinajstić information content (AvgIpc) is 3.22. The average molecular weight is 402 g/mol. The number of ether oxygens (including phenoxy) is 2. The van der Waals surface area contributed by atoms with Crippen LogP contribution in [-0.4, -0.2) is 25.1 Å². The van der Waals surface area contributed by atoms with Crippen LogP contribution in [0.4, 0.5) is 5.69 Å². The molecule has 0 aliphatic heterocycles. The lowest BCUT2D eigenvalue weighted by Crippen LogP contribution is -2.12. The molecule has 152 valence electrons. The fourth-order valence-electron chi connectivity index (χ4n) is 3.19. The highest BCUT2D eigenvalue weighted by atomic mass is 16.5. The first-order valence-corrected chi connectivity index (χ1v) is 9.64. The first-order valence-electron chi connectivity index (χ1n) is 9.64. The van der Waals surface area contributed by atoms with E-state index in [1.54, 1.807) is 43.5 Å². The molecule has 1 N–H and O–H groups in total. The molecule has 0 saturated heterocycles. The molecule has 1 amide bonds. The number of amides is 1. The number of methoxy groups -OCH3 is 2. The summed E-state index contributed by atoms with van der Waals surface area (Å²) in [4.78, 5) is 17.2. The standard InChI is InChI=1S/C24H22N2O4/c1-4-15-5-7-16(8-6-15)24-26-19-14-18(10-12-20(19)30-24)25-23(27)17-9-11-21(28-2)22(13-17)29-3/h5-14H,4H2,1-3H3,(H,25,27). The van der Waals surface area contributed by atoms with Gasteiger partial charge < -0.3 is 19.2 Å². The number of oxazole rings is 1. The van der Waals surface area contributed by atoms with Crippen LogP contribution in [0.5, 0.6) is 11.5 Å². The Morgan fingerprint density at radius 1 is 0.967 bits per heavy atom. The number of aromatic nitrogens is 1. The van der Waals surface area contributed by atoms with Crippen molar-refractivity contribution in [1.29, 1.82) is 0 Å². The molecule has 0 unspecified atom stereocenters. The molecule has 0 atom stereocenters. The van der Waals surface area contributed by atoms with Crippen LogP contribution in [0.25, 0.3) is 22.6 Å². The number of fused-ring (bicyclic) bond motifs is 1. The summed E-state index contributed by atoms with van der Waals surface area (Å²) in [6.45, 7) is 2.12. The van der Waals surface area contributed by atoms with Crippen LogP contribution in [-0.2, 0) is 6.42 Å². The normalized spacial score (nSPS) is 10.8. The lowest BCUT2D eigenvalue weighted by Gasteiger charge is -2.10. The zero-order chi connectivity index (χ0) is 21.1. The third kappa shape index (κ3) is 3.85. The van der Waals surface area contributed by atoms with Crippen LogP contribution in [0.2, 0.25) is 0 Å². The van der Waals surface area contributed by atoms with Gasteiger partial charge in [-0.3, -0.25) is 4.79 Å². The van der Waals surface area contributed by atoms with Crippen molar-refractivity contribution in [3.63, 3.8) is 0 Å². The van der Waals surface area contributed by atoms with Crippen LogP contribution in [0.15, 0.2) is 65.1 Å². The maximum Gasteiger partial charge on any atom is 0.255 e. The topological polar surface area (TPSA) is 73.6 Å². The molecule has 0 radical (unpaired) electrons. The van der Waals surface area contributed by atoms with Gasteiger partial charge in [0.25, 0.3) is 5.91 Å². The van der Waals surface area contributed by atoms with E-state index in [1.807, 2.05) is 12.1 Å². The zero-order valence-corrected chi connectivity index (χ0v) is 17.1. The Balaban J connectivity index is 1.57. The summed E-state index contributed by atoms with van der Waals surface area (Å²) in [6, 6.07) is 18.5. The van der Waals surface area contributed by atoms with Gasteiger partial charge in [-0.1, -0.05) is 19.1 Å². The van der Waals surface area contributed by atoms with Gasteiger partial charge in [-0.05, 0) is 60.5 Å². The van der Waals surface area contributed by atoms with E-state index < -0.39 is 0 Å². The highest BCUT2D eigenvalue weighted by molar-refractivity contribution is 6.05. The minimum absolute atomic E-state index is 0.255. The molecule has 4 rings (SSSR count). The molecule has 0 saturated carbocycles. The Morgan fingerprint density at radius 2 is 1.73 bits per heavy atom. The van der Waals surface area contributed by atoms with E-state index in [0.717, 1.165) is 12.0 Å². The lowest BCUT2D eigenvalue weighted by molar-refractivity contribution is 0.102. The van der Waals surface area contributed by atoms with Gasteiger partial charge in [0, 0.05) is 16.8 Å². The highest BCUT2D eigenvalue weighted by Crippen LogP contribution is 2.29. The monoisotopic (exact) mass is 402 g/mol. The minimum atomic E-state index is -0.255. The molecule has 1 heterocycles. The van der Waals surface area contributed by atoms with Gasteiger partial charge >= 0.3 is 0 Å². The number of hydrogen-bond donors (Lipinski definition) is 1. The minimum Gasteiger partial charge on any atom is -0.493 e. The number of carbonyl (C=O) groups excluding carboxylic acids is 1. The van der Waals surface area contributed by atoms with Crippen molar-refractivity contribution in [3.05, 3.63) is 71.8 Å². The number of benzene rings is 3. The van der Waals surface area contributed by atoms with Gasteiger partial charge in [-0.25, -0.2) is 4.98 Å². The molecule has 0 bridgehead atoms. The van der Waals surface area contributed by atoms with Crippen LogP contribution in [0.3, 0.4) is 0 Å². The second-order valence-corrected chi connectivity index (χ2v) is 6.78. The molecular formula is C24H22N2O4. The Bertz CT molecular complexity index is 1200. The summed E-state index contributed by atoms with van der Waals surface area (Å²) in [5.41, 5.74) is 4.60. The summed E-state index contributed by atoms with van der Waals surface area (Å²) in [5, 5.41) is 2.89. The molecule has 0 aliphatic rings. The van der Waals surface area contributed by atoms with E-state index in [-0.39, 0.29) is 5.91 Å². The van der Waals surface area contributed by atoms with Crippen molar-refractivity contribution in [2.24, 2.45) is 0 Å². The summed E-state index contributed by atoms with van der Waals surface area (Å²) in [5.74, 6) is 1.36. The summed E-state index contributed by atoms with van der Waals surface area (Å²) < 4.78 is 16.4. The number of hydrogen-bond acceptors (Lipinski definition) is 5. The van der Waals surface area contributed by atoms with E-state index >= 15 is 0 Å². The van der Waals surface area contributed by atoms with Gasteiger partial charge in [0.2, 0.25) is 5.89 Å². The van der Waals surface area contributed by atoms with E-state index in [4.69, 9.17) is 13.9 Å². The van der Waals surface area contributed by atoms with Crippen LogP contribution >= 0.6 is 0 Å². The molecule has 1 aromatic heterocycles. The lowest BCUT2D eigenvalue weighted by atomic mass is 10.1. The van der Waals surface area contributed by atoms with Crippen molar-refractivity contribution >= 4 is 22.7 Å². The van der Waals surface area contributed by atoms with Gasteiger partial charge in [0.05, 0.1) is 14.2 Å². The maximum absolute atomic E-state index is 12.7. The predicted octanol–water partition coefficient (Wildman–Crippen LogP) is 5.33. The SMILES string of the molecule is CCc1ccc(-c2nc3cc(NC(=O)c4ccc(OC)c(OC)c4)ccc3o2)cc1. The van der Waals surface area contributed by atoms with Gasteiger partial charge in [-0.15, -0.1) is 0 Å². The Hall–Kier alpha value is -3.80. The van der Waals surface area contributed by atoms with Crippen molar-refractivity contribution in [2.45, 2.75) is 13.3 Å². The number of carbonyl (C=O) groups is 1. The largest absolute Gasteiger partial charge is 0.493 e. The predicted molar refractivity (Wildman–Crippen MR) is 116 cm³/mol. The highest BCUT2D eigenvalue weighted by Gasteiger charge is 2.13. The molecule has 30 heavy (non-hydrogen) atoms. The van der Waals surface area contributed by atoms with Gasteiger partial charge in [-0.2, -0.15) is 0 Å².